The first-order valence-electron chi connectivity index (χ1n) is 6.69. The number of carbonyl (C=O) groups is 1. The van der Waals surface area contributed by atoms with Crippen LogP contribution < -0.4 is 5.32 Å². The average Bonchev–Trinajstić information content (AvgIpc) is 2.48. The largest absolute Gasteiger partial charge is 0.345 e. The van der Waals surface area contributed by atoms with Crippen LogP contribution in [0.3, 0.4) is 0 Å². The number of nitrogens with one attached hydrogen (secondary N) is 1. The van der Waals surface area contributed by atoms with Crippen molar-refractivity contribution in [3.05, 3.63) is 39.9 Å². The summed E-state index contributed by atoms with van der Waals surface area (Å²) in [6.07, 6.45) is 4.96. The molecule has 5 nitrogen and oxygen atoms in total. The molecule has 1 aliphatic carbocycles. The smallest absolute Gasteiger partial charge is 0.270 e. The first kappa shape index (κ1) is 14.8. The van der Waals surface area contributed by atoms with E-state index in [2.05, 4.69) is 5.32 Å². The zero-order chi connectivity index (χ0) is 14.6. The molecule has 0 atom stereocenters. The van der Waals surface area contributed by atoms with Gasteiger partial charge in [0.2, 0.25) is 0 Å². The number of nitro benzene ring substituents is 1. The molecule has 1 aliphatic rings. The first-order valence-corrected chi connectivity index (χ1v) is 7.23. The van der Waals surface area contributed by atoms with Gasteiger partial charge in [-0.25, -0.2) is 0 Å². The van der Waals surface area contributed by atoms with Gasteiger partial charge in [0, 0.05) is 23.6 Å². The summed E-state index contributed by atoms with van der Waals surface area (Å²) in [5, 5.41) is 13.7. The molecule has 0 unspecified atom stereocenters. The van der Waals surface area contributed by atoms with Gasteiger partial charge < -0.3 is 5.32 Å². The van der Waals surface area contributed by atoms with Crippen LogP contribution in [0.2, 0.25) is 0 Å². The Labute approximate surface area is 122 Å². The maximum absolute atomic E-state index is 12.3. The molecule has 20 heavy (non-hydrogen) atoms. The third kappa shape index (κ3) is 3.28. The predicted octanol–water partition coefficient (Wildman–Crippen LogP) is 3.27. The van der Waals surface area contributed by atoms with Gasteiger partial charge in [-0.3, -0.25) is 14.9 Å². The Morgan fingerprint density at radius 1 is 1.35 bits per heavy atom. The Balaban J connectivity index is 2.14. The molecule has 0 heterocycles. The van der Waals surface area contributed by atoms with Crippen LogP contribution in [0.1, 0.15) is 42.5 Å². The van der Waals surface area contributed by atoms with E-state index in [0.29, 0.717) is 11.4 Å². The van der Waals surface area contributed by atoms with Crippen LogP contribution in [-0.4, -0.2) is 22.2 Å². The van der Waals surface area contributed by atoms with E-state index in [4.69, 9.17) is 11.6 Å². The number of nitrogens with zero attached hydrogens (tertiary/aromatic N) is 1. The van der Waals surface area contributed by atoms with Crippen LogP contribution in [0.4, 0.5) is 5.69 Å². The highest BCUT2D eigenvalue weighted by Gasteiger charge is 2.33. The molecule has 1 N–H and O–H groups in total. The lowest BCUT2D eigenvalue weighted by Crippen LogP contribution is -2.51. The number of halogens is 1. The number of benzene rings is 1. The monoisotopic (exact) mass is 296 g/mol. The van der Waals surface area contributed by atoms with E-state index >= 15 is 0 Å². The molecule has 1 aromatic rings. The Hall–Kier alpha value is -1.62. The van der Waals surface area contributed by atoms with Crippen LogP contribution in [0.15, 0.2) is 24.3 Å². The fourth-order valence-electron chi connectivity index (χ4n) is 2.59. The van der Waals surface area contributed by atoms with Crippen molar-refractivity contribution in [2.45, 2.75) is 37.6 Å². The van der Waals surface area contributed by atoms with E-state index < -0.39 is 4.92 Å². The quantitative estimate of drug-likeness (QED) is 0.526. The van der Waals surface area contributed by atoms with E-state index in [1.807, 2.05) is 0 Å². The molecule has 1 saturated carbocycles. The summed E-state index contributed by atoms with van der Waals surface area (Å²) in [7, 11) is 0. The minimum atomic E-state index is -0.505. The van der Waals surface area contributed by atoms with Crippen molar-refractivity contribution in [1.29, 1.82) is 0 Å². The molecule has 0 saturated heterocycles. The molecule has 1 aromatic carbocycles. The molecule has 2 rings (SSSR count). The fourth-order valence-corrected chi connectivity index (χ4v) is 2.93. The summed E-state index contributed by atoms with van der Waals surface area (Å²) >= 11 is 6.03. The molecule has 0 aromatic heterocycles. The third-order valence-electron chi connectivity index (χ3n) is 3.76. The Kier molecular flexibility index (Phi) is 4.60. The van der Waals surface area contributed by atoms with Crippen LogP contribution >= 0.6 is 11.6 Å². The maximum atomic E-state index is 12.3. The third-order valence-corrected chi connectivity index (χ3v) is 4.28. The SMILES string of the molecule is O=C(NC1(CCl)CCCCC1)c1cccc([N+](=O)[O-])c1. The lowest BCUT2D eigenvalue weighted by molar-refractivity contribution is -0.384. The number of non-ortho nitro benzene ring substituents is 1. The van der Waals surface area contributed by atoms with E-state index in [1.165, 1.54) is 18.2 Å². The van der Waals surface area contributed by atoms with Crippen LogP contribution in [0.5, 0.6) is 0 Å². The van der Waals surface area contributed by atoms with Crippen molar-refractivity contribution in [1.82, 2.24) is 5.32 Å². The number of hydrogen-bond donors (Lipinski definition) is 1. The summed E-state index contributed by atoms with van der Waals surface area (Å²) in [5.41, 5.74) is -0.155. The van der Waals surface area contributed by atoms with Gasteiger partial charge in [-0.1, -0.05) is 25.3 Å². The summed E-state index contributed by atoms with van der Waals surface area (Å²) in [6.45, 7) is 0. The fraction of sp³-hybridized carbons (Fsp3) is 0.500. The molecule has 0 aliphatic heterocycles. The van der Waals surface area contributed by atoms with Gasteiger partial charge in [-0.05, 0) is 18.9 Å². The topological polar surface area (TPSA) is 72.2 Å². The number of alkyl halides is 1. The van der Waals surface area contributed by atoms with Crippen molar-refractivity contribution < 1.29 is 9.72 Å². The molecule has 1 amide bonds. The van der Waals surface area contributed by atoms with Gasteiger partial charge in [0.15, 0.2) is 0 Å². The van der Waals surface area contributed by atoms with Gasteiger partial charge in [0.05, 0.1) is 10.5 Å². The van der Waals surface area contributed by atoms with Crippen LogP contribution in [-0.2, 0) is 0 Å². The van der Waals surface area contributed by atoms with Gasteiger partial charge in [-0.2, -0.15) is 0 Å². The number of nitro groups is 1. The normalized spacial score (nSPS) is 17.4. The number of amides is 1. The molecule has 6 heteroatoms. The van der Waals surface area contributed by atoms with Crippen molar-refractivity contribution >= 4 is 23.2 Å². The van der Waals surface area contributed by atoms with E-state index in [0.717, 1.165) is 32.1 Å². The number of hydrogen-bond acceptors (Lipinski definition) is 3. The highest BCUT2D eigenvalue weighted by Crippen LogP contribution is 2.29. The van der Waals surface area contributed by atoms with Gasteiger partial charge in [0.25, 0.3) is 11.6 Å². The molecular weight excluding hydrogens is 280 g/mol. The second-order valence-corrected chi connectivity index (χ2v) is 5.50. The van der Waals surface area contributed by atoms with Crippen LogP contribution in [0.25, 0.3) is 0 Å². The number of carbonyl (C=O) groups excluding carboxylic acids is 1. The molecule has 0 spiro atoms. The van der Waals surface area contributed by atoms with Crippen molar-refractivity contribution in [2.75, 3.05) is 5.88 Å². The maximum Gasteiger partial charge on any atom is 0.270 e. The van der Waals surface area contributed by atoms with Crippen molar-refractivity contribution in [3.8, 4) is 0 Å². The summed E-state index contributed by atoms with van der Waals surface area (Å²) in [4.78, 5) is 22.5. The molecule has 1 fully saturated rings. The highest BCUT2D eigenvalue weighted by molar-refractivity contribution is 6.19. The van der Waals surface area contributed by atoms with Gasteiger partial charge in [-0.15, -0.1) is 11.6 Å². The first-order chi connectivity index (χ1) is 9.56. The lowest BCUT2D eigenvalue weighted by atomic mass is 9.83. The Morgan fingerprint density at radius 3 is 2.65 bits per heavy atom. The molecule has 0 radical (unpaired) electrons. The summed E-state index contributed by atoms with van der Waals surface area (Å²) in [6, 6.07) is 5.75. The average molecular weight is 297 g/mol. The summed E-state index contributed by atoms with van der Waals surface area (Å²) in [5.74, 6) is 0.0736. The Bertz CT molecular complexity index is 513. The second-order valence-electron chi connectivity index (χ2n) is 5.24. The molecule has 0 bridgehead atoms. The minimum Gasteiger partial charge on any atom is -0.345 e. The zero-order valence-corrected chi connectivity index (χ0v) is 11.9. The van der Waals surface area contributed by atoms with Crippen molar-refractivity contribution in [2.24, 2.45) is 0 Å². The molecule has 108 valence electrons. The highest BCUT2D eigenvalue weighted by atomic mass is 35.5. The number of rotatable bonds is 4. The van der Waals surface area contributed by atoms with Crippen molar-refractivity contribution in [3.63, 3.8) is 0 Å². The zero-order valence-electron chi connectivity index (χ0n) is 11.1. The summed E-state index contributed by atoms with van der Waals surface area (Å²) < 4.78 is 0. The predicted molar refractivity (Wildman–Crippen MR) is 77.1 cm³/mol. The molecular formula is C14H17ClN2O3. The van der Waals surface area contributed by atoms with E-state index in [1.54, 1.807) is 6.07 Å². The second kappa shape index (κ2) is 6.22. The minimum absolute atomic E-state index is 0.0822. The van der Waals surface area contributed by atoms with Crippen LogP contribution in [0, 0.1) is 10.1 Å². The standard InChI is InChI=1S/C14H17ClN2O3/c15-10-14(7-2-1-3-8-14)16-13(18)11-5-4-6-12(9-11)17(19)20/h4-6,9H,1-3,7-8,10H2,(H,16,18). The lowest BCUT2D eigenvalue weighted by Gasteiger charge is -2.36. The Morgan fingerprint density at radius 2 is 2.05 bits per heavy atom. The van der Waals surface area contributed by atoms with E-state index in [9.17, 15) is 14.9 Å². The van der Waals surface area contributed by atoms with Gasteiger partial charge >= 0.3 is 0 Å². The van der Waals surface area contributed by atoms with E-state index in [-0.39, 0.29) is 17.1 Å². The van der Waals surface area contributed by atoms with Gasteiger partial charge in [0.1, 0.15) is 0 Å².